The SMILES string of the molecule is CCCCCN1[C@@H]2COC[C@H]1C[C@@H](N)C2. The molecule has 2 rings (SSSR count). The molecule has 15 heavy (non-hydrogen) atoms. The maximum atomic E-state index is 6.06. The highest BCUT2D eigenvalue weighted by atomic mass is 16.5. The second-order valence-electron chi connectivity index (χ2n) is 5.02. The topological polar surface area (TPSA) is 38.5 Å². The molecular formula is C12H24N2O. The first-order valence-corrected chi connectivity index (χ1v) is 6.40. The van der Waals surface area contributed by atoms with Crippen molar-refractivity contribution in [3.63, 3.8) is 0 Å². The summed E-state index contributed by atoms with van der Waals surface area (Å²) in [6.45, 7) is 5.31. The summed E-state index contributed by atoms with van der Waals surface area (Å²) < 4.78 is 5.62. The van der Waals surface area contributed by atoms with Crippen LogP contribution in [0.25, 0.3) is 0 Å². The van der Waals surface area contributed by atoms with Gasteiger partial charge in [-0.1, -0.05) is 19.8 Å². The zero-order valence-electron chi connectivity index (χ0n) is 9.82. The second kappa shape index (κ2) is 5.28. The number of morpholine rings is 1. The molecule has 3 nitrogen and oxygen atoms in total. The lowest BCUT2D eigenvalue weighted by molar-refractivity contribution is -0.0779. The average Bonchev–Trinajstić information content (AvgIpc) is 2.19. The molecule has 0 aromatic carbocycles. The lowest BCUT2D eigenvalue weighted by Gasteiger charge is -2.47. The van der Waals surface area contributed by atoms with Gasteiger partial charge in [0.25, 0.3) is 0 Å². The maximum absolute atomic E-state index is 6.06. The monoisotopic (exact) mass is 212 g/mol. The molecule has 3 heteroatoms. The van der Waals surface area contributed by atoms with Gasteiger partial charge < -0.3 is 10.5 Å². The van der Waals surface area contributed by atoms with E-state index in [1.165, 1.54) is 25.8 Å². The molecule has 2 saturated heterocycles. The highest BCUT2D eigenvalue weighted by Crippen LogP contribution is 2.27. The first kappa shape index (κ1) is 11.4. The van der Waals surface area contributed by atoms with Crippen LogP contribution in [0.4, 0.5) is 0 Å². The summed E-state index contributed by atoms with van der Waals surface area (Å²) in [6.07, 6.45) is 6.24. The van der Waals surface area contributed by atoms with E-state index in [0.29, 0.717) is 18.1 Å². The molecule has 0 aliphatic carbocycles. The number of nitrogens with two attached hydrogens (primary N) is 1. The zero-order valence-corrected chi connectivity index (χ0v) is 9.82. The Hall–Kier alpha value is -0.120. The van der Waals surface area contributed by atoms with Crippen LogP contribution in [0.1, 0.15) is 39.0 Å². The average molecular weight is 212 g/mol. The highest BCUT2D eigenvalue weighted by Gasteiger charge is 2.37. The molecule has 0 radical (unpaired) electrons. The molecule has 3 atom stereocenters. The van der Waals surface area contributed by atoms with Crippen molar-refractivity contribution in [2.45, 2.75) is 57.2 Å². The van der Waals surface area contributed by atoms with Crippen LogP contribution in [0, 0.1) is 0 Å². The number of unbranched alkanes of at least 4 members (excludes halogenated alkanes) is 2. The summed E-state index contributed by atoms with van der Waals surface area (Å²) in [6, 6.07) is 1.61. The summed E-state index contributed by atoms with van der Waals surface area (Å²) in [7, 11) is 0. The largest absolute Gasteiger partial charge is 0.378 e. The minimum atomic E-state index is 0.409. The van der Waals surface area contributed by atoms with Crippen LogP contribution < -0.4 is 5.73 Å². The first-order chi connectivity index (χ1) is 7.31. The zero-order chi connectivity index (χ0) is 10.7. The third kappa shape index (κ3) is 2.71. The summed E-state index contributed by atoms with van der Waals surface area (Å²) in [4.78, 5) is 2.66. The quantitative estimate of drug-likeness (QED) is 0.715. The van der Waals surface area contributed by atoms with Gasteiger partial charge in [0.05, 0.1) is 13.2 Å². The third-order valence-corrected chi connectivity index (χ3v) is 3.73. The molecule has 0 aromatic heterocycles. The van der Waals surface area contributed by atoms with Crippen LogP contribution in [0.3, 0.4) is 0 Å². The fraction of sp³-hybridized carbons (Fsp3) is 1.00. The van der Waals surface area contributed by atoms with Crippen molar-refractivity contribution in [1.29, 1.82) is 0 Å². The number of hydrogen-bond acceptors (Lipinski definition) is 3. The number of rotatable bonds is 4. The van der Waals surface area contributed by atoms with E-state index >= 15 is 0 Å². The van der Waals surface area contributed by atoms with Gasteiger partial charge in [0.15, 0.2) is 0 Å². The Morgan fingerprint density at radius 2 is 1.87 bits per heavy atom. The van der Waals surface area contributed by atoms with Gasteiger partial charge in [-0.05, 0) is 25.8 Å². The van der Waals surface area contributed by atoms with Crippen LogP contribution in [-0.4, -0.2) is 42.8 Å². The fourth-order valence-corrected chi connectivity index (χ4v) is 2.94. The van der Waals surface area contributed by atoms with Crippen LogP contribution in [0.5, 0.6) is 0 Å². The van der Waals surface area contributed by atoms with Crippen molar-refractivity contribution in [3.8, 4) is 0 Å². The minimum absolute atomic E-state index is 0.409. The van der Waals surface area contributed by atoms with Gasteiger partial charge in [-0.3, -0.25) is 4.90 Å². The lowest BCUT2D eigenvalue weighted by atomic mass is 9.90. The molecule has 2 fully saturated rings. The van der Waals surface area contributed by atoms with Crippen molar-refractivity contribution in [2.24, 2.45) is 5.73 Å². The van der Waals surface area contributed by atoms with Crippen molar-refractivity contribution >= 4 is 0 Å². The van der Waals surface area contributed by atoms with E-state index < -0.39 is 0 Å². The number of nitrogens with zero attached hydrogens (tertiary/aromatic N) is 1. The van der Waals surface area contributed by atoms with E-state index in [9.17, 15) is 0 Å². The number of fused-ring (bicyclic) bond motifs is 2. The van der Waals surface area contributed by atoms with E-state index in [-0.39, 0.29) is 0 Å². The van der Waals surface area contributed by atoms with Gasteiger partial charge in [0.1, 0.15) is 0 Å². The molecule has 2 aliphatic heterocycles. The van der Waals surface area contributed by atoms with Gasteiger partial charge in [-0.2, -0.15) is 0 Å². The van der Waals surface area contributed by atoms with Gasteiger partial charge in [-0.15, -0.1) is 0 Å². The molecule has 2 aliphatic rings. The normalized spacial score (nSPS) is 36.8. The Kier molecular flexibility index (Phi) is 4.00. The van der Waals surface area contributed by atoms with Crippen LogP contribution >= 0.6 is 0 Å². The second-order valence-corrected chi connectivity index (χ2v) is 5.02. The molecule has 0 aromatic rings. The van der Waals surface area contributed by atoms with Gasteiger partial charge >= 0.3 is 0 Å². The smallest absolute Gasteiger partial charge is 0.0623 e. The standard InChI is InChI=1S/C12H24N2O/c1-2-3-4-5-14-11-6-10(13)7-12(14)9-15-8-11/h10-12H,2-9,13H2,1H3/t10-,11-,12+. The molecular weight excluding hydrogens is 188 g/mol. The van der Waals surface area contributed by atoms with E-state index in [2.05, 4.69) is 11.8 Å². The molecule has 0 amide bonds. The lowest BCUT2D eigenvalue weighted by Crippen LogP contribution is -2.59. The summed E-state index contributed by atoms with van der Waals surface area (Å²) in [5.41, 5.74) is 6.06. The summed E-state index contributed by atoms with van der Waals surface area (Å²) >= 11 is 0. The van der Waals surface area contributed by atoms with Gasteiger partial charge in [0.2, 0.25) is 0 Å². The first-order valence-electron chi connectivity index (χ1n) is 6.40. The van der Waals surface area contributed by atoms with Crippen LogP contribution in [-0.2, 0) is 4.74 Å². The molecule has 0 spiro atoms. The molecule has 2 bridgehead atoms. The van der Waals surface area contributed by atoms with Crippen LogP contribution in [0.2, 0.25) is 0 Å². The maximum Gasteiger partial charge on any atom is 0.0623 e. The molecule has 0 unspecified atom stereocenters. The highest BCUT2D eigenvalue weighted by molar-refractivity contribution is 4.92. The Balaban J connectivity index is 1.86. The molecule has 2 N–H and O–H groups in total. The molecule has 0 saturated carbocycles. The van der Waals surface area contributed by atoms with Gasteiger partial charge in [0, 0.05) is 18.1 Å². The number of piperidine rings is 1. The van der Waals surface area contributed by atoms with E-state index in [1.807, 2.05) is 0 Å². The Bertz CT molecular complexity index is 184. The predicted octanol–water partition coefficient (Wildman–Crippen LogP) is 1.37. The fourth-order valence-electron chi connectivity index (χ4n) is 2.94. The van der Waals surface area contributed by atoms with E-state index in [4.69, 9.17) is 10.5 Å². The van der Waals surface area contributed by atoms with Crippen molar-refractivity contribution in [3.05, 3.63) is 0 Å². The number of ether oxygens (including phenoxy) is 1. The summed E-state index contributed by atoms with van der Waals surface area (Å²) in [5.74, 6) is 0. The minimum Gasteiger partial charge on any atom is -0.378 e. The van der Waals surface area contributed by atoms with Crippen LogP contribution in [0.15, 0.2) is 0 Å². The predicted molar refractivity (Wildman–Crippen MR) is 61.8 cm³/mol. The van der Waals surface area contributed by atoms with Gasteiger partial charge in [-0.25, -0.2) is 0 Å². The molecule has 88 valence electrons. The Morgan fingerprint density at radius 1 is 1.20 bits per heavy atom. The van der Waals surface area contributed by atoms with Crippen molar-refractivity contribution in [2.75, 3.05) is 19.8 Å². The Morgan fingerprint density at radius 3 is 2.47 bits per heavy atom. The Labute approximate surface area is 93.0 Å². The van der Waals surface area contributed by atoms with E-state index in [0.717, 1.165) is 26.1 Å². The van der Waals surface area contributed by atoms with E-state index in [1.54, 1.807) is 0 Å². The van der Waals surface area contributed by atoms with Crippen molar-refractivity contribution in [1.82, 2.24) is 4.90 Å². The van der Waals surface area contributed by atoms with Crippen molar-refractivity contribution < 1.29 is 4.74 Å². The number of hydrogen-bond donors (Lipinski definition) is 1. The molecule has 2 heterocycles. The third-order valence-electron chi connectivity index (χ3n) is 3.73. The summed E-state index contributed by atoms with van der Waals surface area (Å²) in [5, 5.41) is 0.